The highest BCUT2D eigenvalue weighted by Crippen LogP contribution is 2.34. The third-order valence-electron chi connectivity index (χ3n) is 4.69. The summed E-state index contributed by atoms with van der Waals surface area (Å²) in [6, 6.07) is 5.67. The van der Waals surface area contributed by atoms with Crippen LogP contribution in [0.2, 0.25) is 0 Å². The number of amides is 3. The van der Waals surface area contributed by atoms with Crippen molar-refractivity contribution in [2.75, 3.05) is 0 Å². The fourth-order valence-corrected chi connectivity index (χ4v) is 3.60. The minimum absolute atomic E-state index is 0.0715. The Labute approximate surface area is 131 Å². The van der Waals surface area contributed by atoms with E-state index in [1.165, 1.54) is 12.1 Å². The van der Waals surface area contributed by atoms with Crippen molar-refractivity contribution >= 4 is 23.7 Å². The Morgan fingerprint density at radius 3 is 2.30 bits per heavy atom. The summed E-state index contributed by atoms with van der Waals surface area (Å²) in [5.41, 5.74) is 0.429. The van der Waals surface area contributed by atoms with Gasteiger partial charge in [0.05, 0.1) is 11.1 Å². The predicted octanol–water partition coefficient (Wildman–Crippen LogP) is 0.894. The lowest BCUT2D eigenvalue weighted by Crippen LogP contribution is -2.44. The van der Waals surface area contributed by atoms with Crippen LogP contribution < -0.4 is 0 Å². The maximum atomic E-state index is 12.4. The van der Waals surface area contributed by atoms with Crippen molar-refractivity contribution in [2.24, 2.45) is 0 Å². The molecule has 0 bridgehead atoms. The first-order chi connectivity index (χ1) is 11.1. The van der Waals surface area contributed by atoms with Gasteiger partial charge in [0, 0.05) is 12.5 Å². The molecule has 7 nitrogen and oxygen atoms in total. The number of nitrogens with zero attached hydrogens (tertiary/aromatic N) is 2. The monoisotopic (exact) mass is 314 g/mol. The van der Waals surface area contributed by atoms with Crippen molar-refractivity contribution in [2.45, 2.75) is 37.8 Å². The van der Waals surface area contributed by atoms with E-state index in [4.69, 9.17) is 4.84 Å². The molecule has 2 saturated heterocycles. The average molecular weight is 314 g/mol. The second kappa shape index (κ2) is 4.91. The standard InChI is InChI=1S/C16H14N2O5/c19-13-8-6-9-5-7-12(17(9)13)16(22)23-18-14(20)10-3-1-2-4-11(10)15(18)21/h1-4,9,12H,5-8H2. The van der Waals surface area contributed by atoms with Gasteiger partial charge in [0.25, 0.3) is 11.8 Å². The molecule has 0 aliphatic carbocycles. The zero-order valence-corrected chi connectivity index (χ0v) is 12.2. The van der Waals surface area contributed by atoms with Crippen LogP contribution in [0.3, 0.4) is 0 Å². The number of hydroxylamine groups is 2. The van der Waals surface area contributed by atoms with Crippen LogP contribution in [0.25, 0.3) is 0 Å². The van der Waals surface area contributed by atoms with E-state index in [2.05, 4.69) is 0 Å². The maximum absolute atomic E-state index is 12.4. The Hall–Kier alpha value is -2.70. The van der Waals surface area contributed by atoms with E-state index in [9.17, 15) is 19.2 Å². The maximum Gasteiger partial charge on any atom is 0.355 e. The second-order valence-electron chi connectivity index (χ2n) is 5.95. The lowest BCUT2D eigenvalue weighted by atomic mass is 10.1. The van der Waals surface area contributed by atoms with Crippen LogP contribution in [0.4, 0.5) is 0 Å². The number of carbonyl (C=O) groups is 4. The Morgan fingerprint density at radius 2 is 1.65 bits per heavy atom. The normalized spacial score (nSPS) is 25.8. The number of rotatable bonds is 2. The van der Waals surface area contributed by atoms with Gasteiger partial charge in [0.1, 0.15) is 6.04 Å². The van der Waals surface area contributed by atoms with E-state index in [1.807, 2.05) is 0 Å². The van der Waals surface area contributed by atoms with Crippen LogP contribution in [-0.4, -0.2) is 45.7 Å². The number of hydrogen-bond donors (Lipinski definition) is 0. The minimum atomic E-state index is -0.725. The van der Waals surface area contributed by atoms with Crippen LogP contribution >= 0.6 is 0 Å². The van der Waals surface area contributed by atoms with Gasteiger partial charge in [0.2, 0.25) is 5.91 Å². The van der Waals surface area contributed by atoms with Gasteiger partial charge in [0.15, 0.2) is 0 Å². The molecular weight excluding hydrogens is 300 g/mol. The summed E-state index contributed by atoms with van der Waals surface area (Å²) in [7, 11) is 0. The summed E-state index contributed by atoms with van der Waals surface area (Å²) in [5.74, 6) is -2.10. The predicted molar refractivity (Wildman–Crippen MR) is 75.9 cm³/mol. The van der Waals surface area contributed by atoms with Gasteiger partial charge >= 0.3 is 5.97 Å². The number of carbonyl (C=O) groups excluding carboxylic acids is 4. The molecule has 118 valence electrons. The molecule has 0 N–H and O–H groups in total. The van der Waals surface area contributed by atoms with Crippen LogP contribution in [0.15, 0.2) is 24.3 Å². The van der Waals surface area contributed by atoms with Crippen molar-refractivity contribution in [3.63, 3.8) is 0 Å². The van der Waals surface area contributed by atoms with E-state index < -0.39 is 23.8 Å². The Bertz CT molecular complexity index is 709. The first-order valence-corrected chi connectivity index (χ1v) is 7.58. The lowest BCUT2D eigenvalue weighted by Gasteiger charge is -2.23. The molecule has 4 rings (SSSR count). The van der Waals surface area contributed by atoms with Crippen molar-refractivity contribution in [3.05, 3.63) is 35.4 Å². The van der Waals surface area contributed by atoms with Gasteiger partial charge in [-0.1, -0.05) is 17.2 Å². The summed E-state index contributed by atoms with van der Waals surface area (Å²) in [4.78, 5) is 55.3. The summed E-state index contributed by atoms with van der Waals surface area (Å²) in [6.45, 7) is 0. The van der Waals surface area contributed by atoms with E-state index in [-0.39, 0.29) is 23.1 Å². The largest absolute Gasteiger partial charge is 0.355 e. The molecule has 2 fully saturated rings. The minimum Gasteiger partial charge on any atom is -0.327 e. The highest BCUT2D eigenvalue weighted by Gasteiger charge is 2.47. The van der Waals surface area contributed by atoms with Crippen molar-refractivity contribution in [1.29, 1.82) is 0 Å². The highest BCUT2D eigenvalue weighted by molar-refractivity contribution is 6.20. The Kier molecular flexibility index (Phi) is 2.97. The van der Waals surface area contributed by atoms with Crippen molar-refractivity contribution in [1.82, 2.24) is 9.96 Å². The summed E-state index contributed by atoms with van der Waals surface area (Å²) < 4.78 is 0. The molecule has 0 spiro atoms. The number of hydrogen-bond acceptors (Lipinski definition) is 5. The summed E-state index contributed by atoms with van der Waals surface area (Å²) in [6.07, 6.45) is 2.42. The molecule has 23 heavy (non-hydrogen) atoms. The number of benzene rings is 1. The zero-order valence-electron chi connectivity index (χ0n) is 12.2. The smallest absolute Gasteiger partial charge is 0.327 e. The topological polar surface area (TPSA) is 84.0 Å². The average Bonchev–Trinajstić information content (AvgIpc) is 3.20. The molecule has 3 aliphatic rings. The first-order valence-electron chi connectivity index (χ1n) is 7.58. The van der Waals surface area contributed by atoms with Gasteiger partial charge in [-0.2, -0.15) is 0 Å². The zero-order chi connectivity index (χ0) is 16.1. The quantitative estimate of drug-likeness (QED) is 0.757. The third-order valence-corrected chi connectivity index (χ3v) is 4.69. The van der Waals surface area contributed by atoms with Crippen molar-refractivity contribution in [3.8, 4) is 0 Å². The molecule has 3 aliphatic heterocycles. The molecule has 0 radical (unpaired) electrons. The van der Waals surface area contributed by atoms with E-state index in [1.54, 1.807) is 17.0 Å². The van der Waals surface area contributed by atoms with Crippen LogP contribution in [-0.2, 0) is 14.4 Å². The van der Waals surface area contributed by atoms with Gasteiger partial charge in [-0.25, -0.2) is 4.79 Å². The molecule has 3 heterocycles. The van der Waals surface area contributed by atoms with Gasteiger partial charge in [-0.3, -0.25) is 14.4 Å². The molecule has 1 aromatic carbocycles. The lowest BCUT2D eigenvalue weighted by molar-refractivity contribution is -0.175. The molecule has 2 atom stereocenters. The summed E-state index contributed by atoms with van der Waals surface area (Å²) >= 11 is 0. The SMILES string of the molecule is O=C(ON1C(=O)c2ccccc2C1=O)C1CCC2CCC(=O)N21. The Balaban J connectivity index is 1.53. The molecular formula is C16H14N2O5. The van der Waals surface area contributed by atoms with Crippen LogP contribution in [0, 0.1) is 0 Å². The van der Waals surface area contributed by atoms with Gasteiger partial charge in [-0.15, -0.1) is 0 Å². The number of fused-ring (bicyclic) bond motifs is 2. The van der Waals surface area contributed by atoms with E-state index in [0.717, 1.165) is 12.8 Å². The van der Waals surface area contributed by atoms with Crippen LogP contribution in [0.5, 0.6) is 0 Å². The third kappa shape index (κ3) is 1.96. The molecule has 0 saturated carbocycles. The van der Waals surface area contributed by atoms with E-state index in [0.29, 0.717) is 17.9 Å². The number of imide groups is 1. The fourth-order valence-electron chi connectivity index (χ4n) is 3.60. The highest BCUT2D eigenvalue weighted by atomic mass is 16.7. The van der Waals surface area contributed by atoms with Crippen LogP contribution in [0.1, 0.15) is 46.4 Å². The van der Waals surface area contributed by atoms with Crippen molar-refractivity contribution < 1.29 is 24.0 Å². The molecule has 3 amide bonds. The molecule has 1 aromatic rings. The fraction of sp³-hybridized carbons (Fsp3) is 0.375. The van der Waals surface area contributed by atoms with Gasteiger partial charge < -0.3 is 9.74 Å². The van der Waals surface area contributed by atoms with E-state index >= 15 is 0 Å². The first kappa shape index (κ1) is 13.9. The second-order valence-corrected chi connectivity index (χ2v) is 5.95. The van der Waals surface area contributed by atoms with Gasteiger partial charge in [-0.05, 0) is 31.4 Å². The molecule has 2 unspecified atom stereocenters. The molecule has 7 heteroatoms. The molecule has 0 aromatic heterocycles. The Morgan fingerprint density at radius 1 is 1.00 bits per heavy atom. The summed E-state index contributed by atoms with van der Waals surface area (Å²) in [5, 5.41) is 0.501.